The maximum Gasteiger partial charge on any atom is 0.328 e. The second-order valence-corrected chi connectivity index (χ2v) is 4.04. The van der Waals surface area contributed by atoms with Crippen LogP contribution in [0.1, 0.15) is 17.3 Å². The van der Waals surface area contributed by atoms with Crippen molar-refractivity contribution in [1.82, 2.24) is 5.32 Å². The number of nitrogens with one attached hydrogen (secondary N) is 1. The number of carbonyl (C=O) groups excluding carboxylic acids is 2. The first kappa shape index (κ1) is 13.1. The van der Waals surface area contributed by atoms with E-state index in [4.69, 9.17) is 0 Å². The topological polar surface area (TPSA) is 98.5 Å². The first-order valence-corrected chi connectivity index (χ1v) is 5.45. The Labute approximate surface area is 101 Å². The van der Waals surface area contributed by atoms with Gasteiger partial charge in [-0.25, -0.2) is 4.79 Å². The van der Waals surface area contributed by atoms with Gasteiger partial charge in [0.25, 0.3) is 5.91 Å². The summed E-state index contributed by atoms with van der Waals surface area (Å²) in [6.45, 7) is 1.46. The van der Waals surface area contributed by atoms with Gasteiger partial charge in [0, 0.05) is 11.4 Å². The molecule has 0 spiro atoms. The third-order valence-corrected chi connectivity index (χ3v) is 2.81. The largest absolute Gasteiger partial charge is 0.467 e. The molecule has 1 heterocycles. The average molecular weight is 258 g/mol. The van der Waals surface area contributed by atoms with Gasteiger partial charge in [0.1, 0.15) is 6.04 Å². The van der Waals surface area contributed by atoms with Crippen molar-refractivity contribution in [2.24, 2.45) is 0 Å². The van der Waals surface area contributed by atoms with Crippen molar-refractivity contribution in [2.75, 3.05) is 7.11 Å². The van der Waals surface area contributed by atoms with E-state index in [1.54, 1.807) is 0 Å². The van der Waals surface area contributed by atoms with Crippen LogP contribution < -0.4 is 5.32 Å². The van der Waals surface area contributed by atoms with Crippen molar-refractivity contribution in [3.63, 3.8) is 0 Å². The summed E-state index contributed by atoms with van der Waals surface area (Å²) >= 11 is 0.851. The van der Waals surface area contributed by atoms with E-state index in [0.717, 1.165) is 17.4 Å². The van der Waals surface area contributed by atoms with Crippen molar-refractivity contribution >= 4 is 28.2 Å². The smallest absolute Gasteiger partial charge is 0.328 e. The van der Waals surface area contributed by atoms with Crippen molar-refractivity contribution < 1.29 is 19.2 Å². The minimum atomic E-state index is -0.800. The molecule has 1 N–H and O–H groups in total. The predicted octanol–water partition coefficient (Wildman–Crippen LogP) is 0.948. The number of rotatable bonds is 4. The Kier molecular flexibility index (Phi) is 4.16. The quantitative estimate of drug-likeness (QED) is 0.492. The highest BCUT2D eigenvalue weighted by Crippen LogP contribution is 2.22. The van der Waals surface area contributed by atoms with E-state index >= 15 is 0 Å². The Bertz CT molecular complexity index is 456. The molecular weight excluding hydrogens is 248 g/mol. The van der Waals surface area contributed by atoms with Crippen LogP contribution in [-0.4, -0.2) is 30.0 Å². The summed E-state index contributed by atoms with van der Waals surface area (Å²) in [4.78, 5) is 32.5. The molecule has 1 rings (SSSR count). The molecule has 0 aliphatic heterocycles. The van der Waals surface area contributed by atoms with E-state index in [9.17, 15) is 19.7 Å². The highest BCUT2D eigenvalue weighted by molar-refractivity contribution is 7.13. The second-order valence-electron chi connectivity index (χ2n) is 3.15. The molecule has 0 fully saturated rings. The maximum absolute atomic E-state index is 11.6. The molecule has 8 heteroatoms. The summed E-state index contributed by atoms with van der Waals surface area (Å²) in [5.74, 6) is -1.13. The van der Waals surface area contributed by atoms with E-state index in [2.05, 4.69) is 10.1 Å². The standard InChI is InChI=1S/C9H10N2O5S/c1-5(9(13)16-2)10-8(12)6-3-7(11(14)15)17-4-6/h3-5H,1-2H3,(H,10,12). The molecular formula is C9H10N2O5S. The molecule has 1 atom stereocenters. The van der Waals surface area contributed by atoms with E-state index in [0.29, 0.717) is 0 Å². The first-order chi connectivity index (χ1) is 7.95. The van der Waals surface area contributed by atoms with Gasteiger partial charge < -0.3 is 10.1 Å². The highest BCUT2D eigenvalue weighted by atomic mass is 32.1. The maximum atomic E-state index is 11.6. The Morgan fingerprint density at radius 3 is 2.71 bits per heavy atom. The van der Waals surface area contributed by atoms with Crippen LogP contribution in [0.2, 0.25) is 0 Å². The minimum absolute atomic E-state index is 0.124. The Balaban J connectivity index is 2.70. The van der Waals surface area contributed by atoms with Crippen LogP contribution in [0.4, 0.5) is 5.00 Å². The fourth-order valence-electron chi connectivity index (χ4n) is 1.06. The SMILES string of the molecule is COC(=O)C(C)NC(=O)c1csc([N+](=O)[O-])c1. The Hall–Kier alpha value is -1.96. The number of esters is 1. The molecule has 7 nitrogen and oxygen atoms in total. The molecule has 0 saturated carbocycles. The second kappa shape index (κ2) is 5.39. The van der Waals surface area contributed by atoms with Crippen molar-refractivity contribution in [2.45, 2.75) is 13.0 Å². The predicted molar refractivity (Wildman–Crippen MR) is 59.9 cm³/mol. The monoisotopic (exact) mass is 258 g/mol. The van der Waals surface area contributed by atoms with E-state index in [-0.39, 0.29) is 10.6 Å². The number of hydrogen-bond donors (Lipinski definition) is 1. The summed E-state index contributed by atoms with van der Waals surface area (Å²) in [6.07, 6.45) is 0. The van der Waals surface area contributed by atoms with Gasteiger partial charge in [0.05, 0.1) is 17.6 Å². The van der Waals surface area contributed by atoms with Crippen molar-refractivity contribution in [3.8, 4) is 0 Å². The molecule has 0 bridgehead atoms. The summed E-state index contributed by atoms with van der Waals surface area (Å²) in [6, 6.07) is 0.357. The van der Waals surface area contributed by atoms with Crippen LogP contribution in [-0.2, 0) is 9.53 Å². The number of ether oxygens (including phenoxy) is 1. The van der Waals surface area contributed by atoms with Gasteiger partial charge in [-0.1, -0.05) is 11.3 Å². The molecule has 1 unspecified atom stereocenters. The third-order valence-electron chi connectivity index (χ3n) is 1.93. The molecule has 0 aliphatic carbocycles. The van der Waals surface area contributed by atoms with Gasteiger partial charge in [0.15, 0.2) is 0 Å². The van der Waals surface area contributed by atoms with Gasteiger partial charge in [-0.15, -0.1) is 0 Å². The van der Waals surface area contributed by atoms with Crippen molar-refractivity contribution in [3.05, 3.63) is 27.1 Å². The Morgan fingerprint density at radius 1 is 1.59 bits per heavy atom. The lowest BCUT2D eigenvalue weighted by atomic mass is 10.2. The molecule has 1 aromatic rings. The van der Waals surface area contributed by atoms with E-state index in [1.807, 2.05) is 0 Å². The van der Waals surface area contributed by atoms with Gasteiger partial charge in [0.2, 0.25) is 0 Å². The van der Waals surface area contributed by atoms with Gasteiger partial charge in [-0.3, -0.25) is 14.9 Å². The zero-order valence-corrected chi connectivity index (χ0v) is 9.95. The highest BCUT2D eigenvalue weighted by Gasteiger charge is 2.19. The number of thiophene rings is 1. The normalized spacial score (nSPS) is 11.6. The van der Waals surface area contributed by atoms with Crippen LogP contribution in [0.5, 0.6) is 0 Å². The number of nitro groups is 1. The Morgan fingerprint density at radius 2 is 2.24 bits per heavy atom. The average Bonchev–Trinajstić information content (AvgIpc) is 2.77. The van der Waals surface area contributed by atoms with Crippen LogP contribution in [0.3, 0.4) is 0 Å². The van der Waals surface area contributed by atoms with E-state index in [1.165, 1.54) is 19.4 Å². The van der Waals surface area contributed by atoms with E-state index < -0.39 is 22.8 Å². The lowest BCUT2D eigenvalue weighted by molar-refractivity contribution is -0.380. The van der Waals surface area contributed by atoms with Crippen LogP contribution in [0.25, 0.3) is 0 Å². The third kappa shape index (κ3) is 3.25. The minimum Gasteiger partial charge on any atom is -0.467 e. The van der Waals surface area contributed by atoms with Gasteiger partial charge in [-0.05, 0) is 6.92 Å². The van der Waals surface area contributed by atoms with Crippen molar-refractivity contribution in [1.29, 1.82) is 0 Å². The first-order valence-electron chi connectivity index (χ1n) is 4.57. The summed E-state index contributed by atoms with van der Waals surface area (Å²) in [5, 5.41) is 14.0. The lowest BCUT2D eigenvalue weighted by Gasteiger charge is -2.10. The molecule has 1 aromatic heterocycles. The molecule has 0 saturated heterocycles. The fourth-order valence-corrected chi connectivity index (χ4v) is 1.76. The lowest BCUT2D eigenvalue weighted by Crippen LogP contribution is -2.38. The number of methoxy groups -OCH3 is 1. The summed E-state index contributed by atoms with van der Waals surface area (Å²) in [7, 11) is 1.21. The van der Waals surface area contributed by atoms with Gasteiger partial charge >= 0.3 is 11.0 Å². The summed E-state index contributed by atoms with van der Waals surface area (Å²) in [5.41, 5.74) is 0.150. The molecule has 0 radical (unpaired) electrons. The zero-order chi connectivity index (χ0) is 13.0. The number of nitrogens with zero attached hydrogens (tertiary/aromatic N) is 1. The molecule has 92 valence electrons. The number of hydrogen-bond acceptors (Lipinski definition) is 6. The molecule has 0 aromatic carbocycles. The van der Waals surface area contributed by atoms with Crippen LogP contribution in [0.15, 0.2) is 11.4 Å². The molecule has 1 amide bonds. The fraction of sp³-hybridized carbons (Fsp3) is 0.333. The molecule has 17 heavy (non-hydrogen) atoms. The molecule has 0 aliphatic rings. The zero-order valence-electron chi connectivity index (χ0n) is 9.13. The van der Waals surface area contributed by atoms with Crippen LogP contribution >= 0.6 is 11.3 Å². The van der Waals surface area contributed by atoms with Crippen LogP contribution in [0, 0.1) is 10.1 Å². The number of amides is 1. The number of carbonyl (C=O) groups is 2. The van der Waals surface area contributed by atoms with Gasteiger partial charge in [-0.2, -0.15) is 0 Å². The summed E-state index contributed by atoms with van der Waals surface area (Å²) < 4.78 is 4.43.